The van der Waals surface area contributed by atoms with Gasteiger partial charge in [0, 0.05) is 48.1 Å². The third kappa shape index (κ3) is 3.71. The third-order valence-corrected chi connectivity index (χ3v) is 6.35. The van der Waals surface area contributed by atoms with Crippen LogP contribution >= 0.6 is 0 Å². The van der Waals surface area contributed by atoms with Crippen molar-refractivity contribution >= 4 is 22.6 Å². The molecule has 34 heavy (non-hydrogen) atoms. The molecule has 0 spiro atoms. The van der Waals surface area contributed by atoms with Gasteiger partial charge in [0.15, 0.2) is 0 Å². The standard InChI is InChI=1S/C26H25N5O3/c1-4-24-19-10-11-30(16(2)32)15-23(19)29-31(24)25-7-5-6-17-12-22(28-14-20(17)25)18-8-9-21(27-13-18)26(33)34-3/h5-9,12-14H,4,10-11,15H2,1-3H3. The SMILES string of the molecule is CCc1c2c(nn1-c1cccc3cc(-c4ccc(C(=O)OC)nc4)ncc13)CN(C(C)=O)CC2. The molecule has 0 radical (unpaired) electrons. The van der Waals surface area contributed by atoms with Crippen LogP contribution in [0, 0.1) is 0 Å². The van der Waals surface area contributed by atoms with E-state index in [9.17, 15) is 9.59 Å². The van der Waals surface area contributed by atoms with Crippen molar-refractivity contribution in [3.8, 4) is 16.9 Å². The van der Waals surface area contributed by atoms with Gasteiger partial charge in [-0.2, -0.15) is 5.10 Å². The average molecular weight is 456 g/mol. The summed E-state index contributed by atoms with van der Waals surface area (Å²) in [6, 6.07) is 11.6. The van der Waals surface area contributed by atoms with E-state index in [1.165, 1.54) is 18.4 Å². The number of fused-ring (bicyclic) bond motifs is 2. The lowest BCUT2D eigenvalue weighted by Gasteiger charge is -2.25. The van der Waals surface area contributed by atoms with Crippen molar-refractivity contribution in [1.82, 2.24) is 24.6 Å². The van der Waals surface area contributed by atoms with Gasteiger partial charge in [-0.1, -0.05) is 19.1 Å². The normalized spacial score (nSPS) is 13.1. The lowest BCUT2D eigenvalue weighted by molar-refractivity contribution is -0.129. The highest BCUT2D eigenvalue weighted by Crippen LogP contribution is 2.30. The number of hydrogen-bond acceptors (Lipinski definition) is 6. The lowest BCUT2D eigenvalue weighted by atomic mass is 10.0. The molecule has 8 nitrogen and oxygen atoms in total. The monoisotopic (exact) mass is 455 g/mol. The van der Waals surface area contributed by atoms with E-state index >= 15 is 0 Å². The van der Waals surface area contributed by atoms with E-state index in [-0.39, 0.29) is 11.6 Å². The molecule has 0 bridgehead atoms. The molecule has 4 aromatic rings. The Kier molecular flexibility index (Phi) is 5.57. The summed E-state index contributed by atoms with van der Waals surface area (Å²) in [5.41, 5.74) is 6.20. The molecule has 4 heterocycles. The predicted molar refractivity (Wildman–Crippen MR) is 128 cm³/mol. The Labute approximate surface area is 197 Å². The third-order valence-electron chi connectivity index (χ3n) is 6.35. The number of methoxy groups -OCH3 is 1. The summed E-state index contributed by atoms with van der Waals surface area (Å²) >= 11 is 0. The van der Waals surface area contributed by atoms with E-state index < -0.39 is 5.97 Å². The molecule has 1 aromatic carbocycles. The summed E-state index contributed by atoms with van der Waals surface area (Å²) in [6.07, 6.45) is 5.15. The van der Waals surface area contributed by atoms with Gasteiger partial charge in [0.05, 0.1) is 30.7 Å². The Hall–Kier alpha value is -4.07. The molecule has 0 fully saturated rings. The maximum atomic E-state index is 11.9. The fourth-order valence-electron chi connectivity index (χ4n) is 4.56. The van der Waals surface area contributed by atoms with Crippen LogP contribution in [0.2, 0.25) is 0 Å². The Morgan fingerprint density at radius 1 is 1.12 bits per heavy atom. The zero-order chi connectivity index (χ0) is 23.8. The van der Waals surface area contributed by atoms with Crippen LogP contribution in [-0.4, -0.2) is 50.2 Å². The van der Waals surface area contributed by atoms with Crippen LogP contribution in [0.15, 0.2) is 48.8 Å². The number of amides is 1. The summed E-state index contributed by atoms with van der Waals surface area (Å²) < 4.78 is 6.74. The molecule has 8 heteroatoms. The second kappa shape index (κ2) is 8.70. The Bertz CT molecular complexity index is 1410. The Morgan fingerprint density at radius 3 is 2.68 bits per heavy atom. The molecule has 3 aromatic heterocycles. The number of carbonyl (C=O) groups is 2. The number of pyridine rings is 2. The zero-order valence-corrected chi connectivity index (χ0v) is 19.4. The highest BCUT2D eigenvalue weighted by atomic mass is 16.5. The predicted octanol–water partition coefficient (Wildman–Crippen LogP) is 3.74. The van der Waals surface area contributed by atoms with Gasteiger partial charge in [0.1, 0.15) is 5.69 Å². The van der Waals surface area contributed by atoms with E-state index in [1.807, 2.05) is 40.0 Å². The van der Waals surface area contributed by atoms with E-state index in [1.54, 1.807) is 19.2 Å². The first-order chi connectivity index (χ1) is 16.5. The lowest BCUT2D eigenvalue weighted by Crippen LogP contribution is -2.34. The number of ether oxygens (including phenoxy) is 1. The Balaban J connectivity index is 1.55. The molecule has 0 unspecified atom stereocenters. The minimum absolute atomic E-state index is 0.0780. The van der Waals surface area contributed by atoms with Crippen LogP contribution < -0.4 is 0 Å². The number of carbonyl (C=O) groups excluding carboxylic acids is 2. The quantitative estimate of drug-likeness (QED) is 0.436. The number of benzene rings is 1. The number of aromatic nitrogens is 4. The van der Waals surface area contributed by atoms with Gasteiger partial charge in [-0.15, -0.1) is 0 Å². The molecule has 172 valence electrons. The van der Waals surface area contributed by atoms with Crippen molar-refractivity contribution in [2.45, 2.75) is 33.2 Å². The first-order valence-corrected chi connectivity index (χ1v) is 11.3. The Morgan fingerprint density at radius 2 is 1.97 bits per heavy atom. The first-order valence-electron chi connectivity index (χ1n) is 11.3. The molecule has 0 saturated heterocycles. The van der Waals surface area contributed by atoms with Crippen LogP contribution in [0.25, 0.3) is 27.7 Å². The molecule has 5 rings (SSSR count). The summed E-state index contributed by atoms with van der Waals surface area (Å²) in [7, 11) is 1.33. The summed E-state index contributed by atoms with van der Waals surface area (Å²) in [5.74, 6) is -0.392. The van der Waals surface area contributed by atoms with Crippen molar-refractivity contribution in [2.24, 2.45) is 0 Å². The van der Waals surface area contributed by atoms with Gasteiger partial charge in [-0.25, -0.2) is 14.5 Å². The molecule has 0 aliphatic carbocycles. The van der Waals surface area contributed by atoms with Crippen molar-refractivity contribution < 1.29 is 14.3 Å². The van der Waals surface area contributed by atoms with Crippen LogP contribution in [-0.2, 0) is 28.9 Å². The van der Waals surface area contributed by atoms with Gasteiger partial charge < -0.3 is 9.64 Å². The molecule has 0 atom stereocenters. The van der Waals surface area contributed by atoms with Crippen LogP contribution in [0.4, 0.5) is 0 Å². The average Bonchev–Trinajstić information content (AvgIpc) is 3.25. The number of hydrogen-bond donors (Lipinski definition) is 0. The summed E-state index contributed by atoms with van der Waals surface area (Å²) in [4.78, 5) is 34.3. The molecule has 0 saturated carbocycles. The van der Waals surface area contributed by atoms with E-state index in [4.69, 9.17) is 9.84 Å². The second-order valence-electron chi connectivity index (χ2n) is 8.32. The summed E-state index contributed by atoms with van der Waals surface area (Å²) in [6.45, 7) is 5.02. The smallest absolute Gasteiger partial charge is 0.356 e. The van der Waals surface area contributed by atoms with Crippen molar-refractivity contribution in [1.29, 1.82) is 0 Å². The van der Waals surface area contributed by atoms with Gasteiger partial charge in [0.2, 0.25) is 5.91 Å². The minimum atomic E-state index is -0.470. The highest BCUT2D eigenvalue weighted by Gasteiger charge is 2.26. The van der Waals surface area contributed by atoms with Gasteiger partial charge >= 0.3 is 5.97 Å². The maximum Gasteiger partial charge on any atom is 0.356 e. The zero-order valence-electron chi connectivity index (χ0n) is 19.4. The minimum Gasteiger partial charge on any atom is -0.464 e. The largest absolute Gasteiger partial charge is 0.464 e. The first kappa shape index (κ1) is 21.8. The van der Waals surface area contributed by atoms with E-state index in [2.05, 4.69) is 23.0 Å². The number of esters is 1. The second-order valence-corrected chi connectivity index (χ2v) is 8.32. The maximum absolute atomic E-state index is 11.9. The van der Waals surface area contributed by atoms with Gasteiger partial charge in [-0.05, 0) is 42.5 Å². The summed E-state index contributed by atoms with van der Waals surface area (Å²) in [5, 5.41) is 6.95. The van der Waals surface area contributed by atoms with Gasteiger partial charge in [0.25, 0.3) is 0 Å². The molecule has 1 amide bonds. The molecule has 1 aliphatic heterocycles. The molecular formula is C26H25N5O3. The van der Waals surface area contributed by atoms with Crippen molar-refractivity contribution in [3.05, 3.63) is 71.4 Å². The van der Waals surface area contributed by atoms with Crippen LogP contribution in [0.3, 0.4) is 0 Å². The highest BCUT2D eigenvalue weighted by molar-refractivity contribution is 5.92. The van der Waals surface area contributed by atoms with Crippen molar-refractivity contribution in [3.63, 3.8) is 0 Å². The topological polar surface area (TPSA) is 90.2 Å². The fraction of sp³-hybridized carbons (Fsp3) is 0.269. The molecule has 0 N–H and O–H groups in total. The van der Waals surface area contributed by atoms with Gasteiger partial charge in [-0.3, -0.25) is 9.78 Å². The van der Waals surface area contributed by atoms with Crippen molar-refractivity contribution in [2.75, 3.05) is 13.7 Å². The number of nitrogens with zero attached hydrogens (tertiary/aromatic N) is 5. The number of rotatable bonds is 4. The molecular weight excluding hydrogens is 430 g/mol. The molecule has 1 aliphatic rings. The van der Waals surface area contributed by atoms with Crippen LogP contribution in [0.5, 0.6) is 0 Å². The van der Waals surface area contributed by atoms with E-state index in [0.29, 0.717) is 6.54 Å². The van der Waals surface area contributed by atoms with Crippen LogP contribution in [0.1, 0.15) is 41.3 Å². The van der Waals surface area contributed by atoms with E-state index in [0.717, 1.165) is 52.8 Å². The fourth-order valence-corrected chi connectivity index (χ4v) is 4.56.